The maximum Gasteiger partial charge on any atom is 0.346 e. The van der Waals surface area contributed by atoms with Crippen LogP contribution in [-0.4, -0.2) is 21.7 Å². The van der Waals surface area contributed by atoms with Gasteiger partial charge in [-0.25, -0.2) is 4.79 Å². The smallest absolute Gasteiger partial charge is 0.346 e. The van der Waals surface area contributed by atoms with E-state index in [4.69, 9.17) is 4.74 Å². The number of hydrogen-bond acceptors (Lipinski definition) is 4. The molecule has 3 rings (SSSR count). The largest absolute Gasteiger partial charge is 0.423 e. The minimum absolute atomic E-state index is 0.198. The Hall–Kier alpha value is -3.41. The molecule has 0 fully saturated rings. The molecule has 0 aliphatic carbocycles. The maximum atomic E-state index is 12.1. The molecule has 1 heterocycles. The van der Waals surface area contributed by atoms with Crippen LogP contribution in [0, 0.1) is 0 Å². The molecule has 0 aliphatic rings. The molecule has 0 spiro atoms. The van der Waals surface area contributed by atoms with Crippen molar-refractivity contribution in [1.29, 1.82) is 0 Å². The number of carbonyl (C=O) groups excluding carboxylic acids is 2. The normalized spacial score (nSPS) is 10.2. The number of carbonyl (C=O) groups is 2. The fourth-order valence-electron chi connectivity index (χ4n) is 2.09. The van der Waals surface area contributed by atoms with Crippen LogP contribution >= 0.6 is 0 Å². The van der Waals surface area contributed by atoms with Crippen molar-refractivity contribution in [3.8, 4) is 5.75 Å². The second-order valence-electron chi connectivity index (χ2n) is 5.14. The molecule has 0 saturated heterocycles. The molecule has 24 heavy (non-hydrogen) atoms. The van der Waals surface area contributed by atoms with Crippen LogP contribution in [0.25, 0.3) is 0 Å². The highest BCUT2D eigenvalue weighted by Crippen LogP contribution is 2.17. The van der Waals surface area contributed by atoms with Gasteiger partial charge in [-0.2, -0.15) is 5.10 Å². The number of benzene rings is 2. The number of amides is 1. The van der Waals surface area contributed by atoms with Crippen LogP contribution in [0.15, 0.2) is 67.0 Å². The molecular formula is C18H15N3O3. The Kier molecular flexibility index (Phi) is 4.38. The molecule has 0 atom stereocenters. The summed E-state index contributed by atoms with van der Waals surface area (Å²) in [7, 11) is 1.72. The lowest BCUT2D eigenvalue weighted by molar-refractivity contribution is 0.0734. The highest BCUT2D eigenvalue weighted by atomic mass is 16.5. The van der Waals surface area contributed by atoms with Crippen LogP contribution in [0.5, 0.6) is 5.75 Å². The number of aryl methyl sites for hydroxylation is 1. The quantitative estimate of drug-likeness (QED) is 0.592. The van der Waals surface area contributed by atoms with Gasteiger partial charge >= 0.3 is 5.97 Å². The minimum atomic E-state index is -0.482. The van der Waals surface area contributed by atoms with Crippen molar-refractivity contribution in [3.63, 3.8) is 0 Å². The Bertz CT molecular complexity index is 855. The minimum Gasteiger partial charge on any atom is -0.423 e. The van der Waals surface area contributed by atoms with Crippen LogP contribution in [0.2, 0.25) is 0 Å². The van der Waals surface area contributed by atoms with E-state index in [2.05, 4.69) is 10.4 Å². The number of ether oxygens (including phenoxy) is 1. The van der Waals surface area contributed by atoms with Gasteiger partial charge in [0.05, 0.1) is 11.8 Å². The maximum absolute atomic E-state index is 12.1. The predicted octanol–water partition coefficient (Wildman–Crippen LogP) is 2.89. The molecule has 0 unspecified atom stereocenters. The zero-order valence-electron chi connectivity index (χ0n) is 13.0. The number of anilines is 1. The van der Waals surface area contributed by atoms with Gasteiger partial charge in [-0.05, 0) is 36.4 Å². The Morgan fingerprint density at radius 2 is 1.71 bits per heavy atom. The zero-order chi connectivity index (χ0) is 16.9. The van der Waals surface area contributed by atoms with E-state index in [0.29, 0.717) is 22.6 Å². The Labute approximate surface area is 138 Å². The van der Waals surface area contributed by atoms with Crippen LogP contribution in [-0.2, 0) is 7.05 Å². The van der Waals surface area contributed by atoms with Gasteiger partial charge < -0.3 is 10.1 Å². The summed E-state index contributed by atoms with van der Waals surface area (Å²) < 4.78 is 6.78. The van der Waals surface area contributed by atoms with Crippen molar-refractivity contribution in [1.82, 2.24) is 9.78 Å². The molecule has 0 bridgehead atoms. The van der Waals surface area contributed by atoms with Crippen molar-refractivity contribution in [2.24, 2.45) is 7.05 Å². The van der Waals surface area contributed by atoms with E-state index in [-0.39, 0.29) is 5.91 Å². The van der Waals surface area contributed by atoms with Gasteiger partial charge in [0.2, 0.25) is 0 Å². The lowest BCUT2D eigenvalue weighted by atomic mass is 10.2. The molecule has 3 aromatic rings. The van der Waals surface area contributed by atoms with E-state index in [9.17, 15) is 9.59 Å². The SMILES string of the molecule is Cn1cc(C(=O)Oc2ccc(NC(=O)c3ccccc3)cc2)cn1. The monoisotopic (exact) mass is 321 g/mol. The number of nitrogens with one attached hydrogen (secondary N) is 1. The van der Waals surface area contributed by atoms with Crippen molar-refractivity contribution in [2.45, 2.75) is 0 Å². The molecule has 0 aliphatic heterocycles. The molecule has 6 heteroatoms. The number of rotatable bonds is 4. The van der Waals surface area contributed by atoms with Gasteiger partial charge in [-0.15, -0.1) is 0 Å². The summed E-state index contributed by atoms with van der Waals surface area (Å²) in [6, 6.07) is 15.5. The van der Waals surface area contributed by atoms with Gasteiger partial charge in [-0.1, -0.05) is 18.2 Å². The predicted molar refractivity (Wildman–Crippen MR) is 89.0 cm³/mol. The van der Waals surface area contributed by atoms with Gasteiger partial charge in [0, 0.05) is 24.5 Å². The summed E-state index contributed by atoms with van der Waals surface area (Å²) in [4.78, 5) is 24.0. The molecule has 0 radical (unpaired) electrons. The third-order valence-corrected chi connectivity index (χ3v) is 3.30. The molecule has 1 aromatic heterocycles. The lowest BCUT2D eigenvalue weighted by Crippen LogP contribution is -2.11. The van der Waals surface area contributed by atoms with Gasteiger partial charge in [0.1, 0.15) is 5.75 Å². The lowest BCUT2D eigenvalue weighted by Gasteiger charge is -2.07. The Balaban J connectivity index is 1.63. The van der Waals surface area contributed by atoms with E-state index >= 15 is 0 Å². The van der Waals surface area contributed by atoms with E-state index < -0.39 is 5.97 Å². The van der Waals surface area contributed by atoms with Gasteiger partial charge in [-0.3, -0.25) is 9.48 Å². The van der Waals surface area contributed by atoms with Crippen LogP contribution in [0.3, 0.4) is 0 Å². The highest BCUT2D eigenvalue weighted by Gasteiger charge is 2.11. The number of esters is 1. The Morgan fingerprint density at radius 3 is 2.33 bits per heavy atom. The average molecular weight is 321 g/mol. The van der Waals surface area contributed by atoms with Crippen molar-refractivity contribution < 1.29 is 14.3 Å². The second kappa shape index (κ2) is 6.78. The molecule has 1 N–H and O–H groups in total. The average Bonchev–Trinajstić information content (AvgIpc) is 3.04. The molecule has 120 valence electrons. The number of hydrogen-bond donors (Lipinski definition) is 1. The first-order valence-electron chi connectivity index (χ1n) is 7.29. The van der Waals surface area contributed by atoms with E-state index in [1.54, 1.807) is 61.8 Å². The molecular weight excluding hydrogens is 306 g/mol. The second-order valence-corrected chi connectivity index (χ2v) is 5.14. The standard InChI is InChI=1S/C18H15N3O3/c1-21-12-14(11-19-21)18(23)24-16-9-7-15(8-10-16)20-17(22)13-5-3-2-4-6-13/h2-12H,1H3,(H,20,22). The summed E-state index contributed by atoms with van der Waals surface area (Å²) in [6.45, 7) is 0. The Morgan fingerprint density at radius 1 is 1.00 bits per heavy atom. The van der Waals surface area contributed by atoms with E-state index in [0.717, 1.165) is 0 Å². The fourth-order valence-corrected chi connectivity index (χ4v) is 2.09. The summed E-state index contributed by atoms with van der Waals surface area (Å²) in [5.41, 5.74) is 1.56. The third kappa shape index (κ3) is 3.67. The van der Waals surface area contributed by atoms with E-state index in [1.165, 1.54) is 10.9 Å². The topological polar surface area (TPSA) is 73.2 Å². The fraction of sp³-hybridized carbons (Fsp3) is 0.0556. The van der Waals surface area contributed by atoms with Crippen LogP contribution in [0.1, 0.15) is 20.7 Å². The number of aromatic nitrogens is 2. The van der Waals surface area contributed by atoms with E-state index in [1.807, 2.05) is 6.07 Å². The van der Waals surface area contributed by atoms with Gasteiger partial charge in [0.15, 0.2) is 0 Å². The van der Waals surface area contributed by atoms with Crippen molar-refractivity contribution in [2.75, 3.05) is 5.32 Å². The zero-order valence-corrected chi connectivity index (χ0v) is 13.0. The van der Waals surface area contributed by atoms with Crippen LogP contribution < -0.4 is 10.1 Å². The van der Waals surface area contributed by atoms with Gasteiger partial charge in [0.25, 0.3) is 5.91 Å². The first kappa shape index (κ1) is 15.5. The molecule has 2 aromatic carbocycles. The molecule has 0 saturated carbocycles. The highest BCUT2D eigenvalue weighted by molar-refractivity contribution is 6.04. The molecule has 1 amide bonds. The third-order valence-electron chi connectivity index (χ3n) is 3.30. The van der Waals surface area contributed by atoms with Crippen LogP contribution in [0.4, 0.5) is 5.69 Å². The first-order chi connectivity index (χ1) is 11.6. The summed E-state index contributed by atoms with van der Waals surface area (Å²) >= 11 is 0. The summed E-state index contributed by atoms with van der Waals surface area (Å²) in [5.74, 6) is -0.290. The summed E-state index contributed by atoms with van der Waals surface area (Å²) in [5, 5.41) is 6.70. The van der Waals surface area contributed by atoms with Crippen molar-refractivity contribution >= 4 is 17.6 Å². The molecule has 6 nitrogen and oxygen atoms in total. The summed E-state index contributed by atoms with van der Waals surface area (Å²) in [6.07, 6.45) is 3.02. The van der Waals surface area contributed by atoms with Crippen molar-refractivity contribution in [3.05, 3.63) is 78.1 Å². The first-order valence-corrected chi connectivity index (χ1v) is 7.29. The number of nitrogens with zero attached hydrogens (tertiary/aromatic N) is 2.